The second-order valence-corrected chi connectivity index (χ2v) is 4.82. The number of carbonyl (C=O) groups excluding carboxylic acids is 2. The molecule has 7 nitrogen and oxygen atoms in total. The molecule has 7 heteroatoms. The molecule has 0 radical (unpaired) electrons. The first-order valence-corrected chi connectivity index (χ1v) is 7.33. The molecule has 0 fully saturated rings. The zero-order valence-electron chi connectivity index (χ0n) is 12.8. The largest absolute Gasteiger partial charge is 0.412 e. The van der Waals surface area contributed by atoms with E-state index in [2.05, 4.69) is 10.6 Å². The van der Waals surface area contributed by atoms with Gasteiger partial charge in [0.05, 0.1) is 6.10 Å². The summed E-state index contributed by atoms with van der Waals surface area (Å²) in [6.07, 6.45) is -2.35. The molecule has 2 aromatic rings. The molecule has 0 bridgehead atoms. The van der Waals surface area contributed by atoms with Gasteiger partial charge in [0.1, 0.15) is 11.5 Å². The van der Waals surface area contributed by atoms with E-state index in [9.17, 15) is 14.7 Å². The molecule has 3 N–H and O–H groups in total. The molecule has 0 aromatic heterocycles. The van der Waals surface area contributed by atoms with Crippen LogP contribution < -0.4 is 20.1 Å². The predicted octanol–water partition coefficient (Wildman–Crippen LogP) is 1.92. The van der Waals surface area contributed by atoms with Gasteiger partial charge in [-0.05, 0) is 24.3 Å². The van der Waals surface area contributed by atoms with Gasteiger partial charge in [-0.3, -0.25) is 0 Å². The minimum atomic E-state index is -0.975. The highest BCUT2D eigenvalue weighted by molar-refractivity contribution is 5.71. The second kappa shape index (κ2) is 9.16. The quantitative estimate of drug-likeness (QED) is 0.752. The minimum Gasteiger partial charge on any atom is -0.410 e. The number of nitrogens with one attached hydrogen (secondary N) is 2. The molecule has 0 aliphatic carbocycles. The first kappa shape index (κ1) is 17.3. The first-order valence-electron chi connectivity index (χ1n) is 7.33. The van der Waals surface area contributed by atoms with Crippen molar-refractivity contribution in [3.05, 3.63) is 60.7 Å². The van der Waals surface area contributed by atoms with Crippen molar-refractivity contribution >= 4 is 12.2 Å². The lowest BCUT2D eigenvalue weighted by Crippen LogP contribution is -2.41. The number of hydrogen-bond donors (Lipinski definition) is 3. The lowest BCUT2D eigenvalue weighted by Gasteiger charge is -2.13. The highest BCUT2D eigenvalue weighted by atomic mass is 16.6. The zero-order chi connectivity index (χ0) is 17.2. The summed E-state index contributed by atoms with van der Waals surface area (Å²) < 4.78 is 9.99. The van der Waals surface area contributed by atoms with Crippen LogP contribution in [0.3, 0.4) is 0 Å². The van der Waals surface area contributed by atoms with Crippen molar-refractivity contribution in [1.29, 1.82) is 0 Å². The Hall–Kier alpha value is -3.06. The molecule has 0 spiro atoms. The zero-order valence-corrected chi connectivity index (χ0v) is 12.8. The summed E-state index contributed by atoms with van der Waals surface area (Å²) in [4.78, 5) is 23.1. The van der Waals surface area contributed by atoms with E-state index < -0.39 is 18.3 Å². The van der Waals surface area contributed by atoms with E-state index in [-0.39, 0.29) is 13.1 Å². The molecule has 2 aromatic carbocycles. The highest BCUT2D eigenvalue weighted by Gasteiger charge is 2.11. The molecule has 126 valence electrons. The highest BCUT2D eigenvalue weighted by Crippen LogP contribution is 2.08. The minimum absolute atomic E-state index is 0.0721. The van der Waals surface area contributed by atoms with Crippen LogP contribution in [-0.4, -0.2) is 36.5 Å². The van der Waals surface area contributed by atoms with E-state index in [0.29, 0.717) is 11.5 Å². The number of benzene rings is 2. The van der Waals surface area contributed by atoms with Crippen LogP contribution in [0.4, 0.5) is 9.59 Å². The average molecular weight is 330 g/mol. The fourth-order valence-corrected chi connectivity index (χ4v) is 1.74. The van der Waals surface area contributed by atoms with Gasteiger partial charge in [0, 0.05) is 13.1 Å². The van der Waals surface area contributed by atoms with E-state index in [1.54, 1.807) is 60.7 Å². The Kier molecular flexibility index (Phi) is 6.60. The fourth-order valence-electron chi connectivity index (χ4n) is 1.74. The van der Waals surface area contributed by atoms with E-state index in [4.69, 9.17) is 9.47 Å². The SMILES string of the molecule is O=C(NCC(O)CNC(=O)Oc1ccccc1)Oc1ccccc1. The maximum Gasteiger partial charge on any atom is 0.412 e. The molecule has 0 aliphatic rings. The number of para-hydroxylation sites is 2. The normalized spacial score (nSPS) is 10.1. The van der Waals surface area contributed by atoms with Crippen LogP contribution in [-0.2, 0) is 0 Å². The third-order valence-corrected chi connectivity index (χ3v) is 2.87. The van der Waals surface area contributed by atoms with Crippen LogP contribution in [0.2, 0.25) is 0 Å². The summed E-state index contributed by atoms with van der Waals surface area (Å²) in [5, 5.41) is 14.5. The maximum absolute atomic E-state index is 11.5. The molecule has 0 aliphatic heterocycles. The van der Waals surface area contributed by atoms with Crippen molar-refractivity contribution in [1.82, 2.24) is 10.6 Å². The standard InChI is InChI=1S/C17H18N2O5/c20-13(11-18-16(21)23-14-7-3-1-4-8-14)12-19-17(22)24-15-9-5-2-6-10-15/h1-10,13,20H,11-12H2,(H,18,21)(H,19,22). The van der Waals surface area contributed by atoms with Crippen LogP contribution in [0.5, 0.6) is 11.5 Å². The smallest absolute Gasteiger partial charge is 0.410 e. The van der Waals surface area contributed by atoms with Crippen molar-refractivity contribution in [2.24, 2.45) is 0 Å². The Morgan fingerprint density at radius 2 is 1.17 bits per heavy atom. The van der Waals surface area contributed by atoms with Gasteiger partial charge in [-0.25, -0.2) is 9.59 Å². The van der Waals surface area contributed by atoms with Gasteiger partial charge in [-0.1, -0.05) is 36.4 Å². The summed E-state index contributed by atoms with van der Waals surface area (Å²) in [6, 6.07) is 17.1. The fraction of sp³-hybridized carbons (Fsp3) is 0.176. The summed E-state index contributed by atoms with van der Waals surface area (Å²) in [5.74, 6) is 0.795. The van der Waals surface area contributed by atoms with Crippen molar-refractivity contribution in [2.75, 3.05) is 13.1 Å². The van der Waals surface area contributed by atoms with Gasteiger partial charge in [0.15, 0.2) is 0 Å². The number of amides is 2. The Bertz CT molecular complexity index is 591. The van der Waals surface area contributed by atoms with Crippen molar-refractivity contribution < 1.29 is 24.2 Å². The second-order valence-electron chi connectivity index (χ2n) is 4.82. The average Bonchev–Trinajstić information content (AvgIpc) is 2.60. The summed E-state index contributed by atoms with van der Waals surface area (Å²) in [7, 11) is 0. The molecule has 0 atom stereocenters. The monoisotopic (exact) mass is 330 g/mol. The Morgan fingerprint density at radius 3 is 1.54 bits per heavy atom. The van der Waals surface area contributed by atoms with Crippen LogP contribution in [0.15, 0.2) is 60.7 Å². The number of hydrogen-bond acceptors (Lipinski definition) is 5. The molecule has 2 amide bonds. The Labute approximate surface area is 139 Å². The van der Waals surface area contributed by atoms with E-state index >= 15 is 0 Å². The van der Waals surface area contributed by atoms with Crippen molar-refractivity contribution in [3.63, 3.8) is 0 Å². The van der Waals surface area contributed by atoms with Gasteiger partial charge in [-0.15, -0.1) is 0 Å². The number of aliphatic hydroxyl groups is 1. The number of carbonyl (C=O) groups is 2. The number of rotatable bonds is 6. The van der Waals surface area contributed by atoms with Crippen molar-refractivity contribution in [3.8, 4) is 11.5 Å². The molecule has 0 saturated heterocycles. The van der Waals surface area contributed by atoms with Crippen LogP contribution >= 0.6 is 0 Å². The first-order chi connectivity index (χ1) is 11.6. The van der Waals surface area contributed by atoms with E-state index in [1.807, 2.05) is 0 Å². The van der Waals surface area contributed by atoms with Crippen LogP contribution in [0.1, 0.15) is 0 Å². The van der Waals surface area contributed by atoms with Gasteiger partial charge in [0.2, 0.25) is 0 Å². The molecular weight excluding hydrogens is 312 g/mol. The van der Waals surface area contributed by atoms with E-state index in [1.165, 1.54) is 0 Å². The van der Waals surface area contributed by atoms with Gasteiger partial charge in [0.25, 0.3) is 0 Å². The van der Waals surface area contributed by atoms with Gasteiger partial charge < -0.3 is 25.2 Å². The summed E-state index contributed by atoms with van der Waals surface area (Å²) in [5.41, 5.74) is 0. The predicted molar refractivity (Wildman–Crippen MR) is 86.9 cm³/mol. The lowest BCUT2D eigenvalue weighted by molar-refractivity contribution is 0.152. The Balaban J connectivity index is 1.63. The number of aliphatic hydroxyl groups excluding tert-OH is 1. The molecule has 0 saturated carbocycles. The molecule has 24 heavy (non-hydrogen) atoms. The molecule has 2 rings (SSSR count). The summed E-state index contributed by atoms with van der Waals surface area (Å²) in [6.45, 7) is -0.144. The molecule has 0 unspecified atom stereocenters. The topological polar surface area (TPSA) is 96.9 Å². The van der Waals surface area contributed by atoms with Crippen LogP contribution in [0.25, 0.3) is 0 Å². The van der Waals surface area contributed by atoms with E-state index in [0.717, 1.165) is 0 Å². The lowest BCUT2D eigenvalue weighted by atomic mass is 10.3. The summed E-state index contributed by atoms with van der Waals surface area (Å²) >= 11 is 0. The van der Waals surface area contributed by atoms with Gasteiger partial charge >= 0.3 is 12.2 Å². The third-order valence-electron chi connectivity index (χ3n) is 2.87. The molecular formula is C17H18N2O5. The van der Waals surface area contributed by atoms with Crippen molar-refractivity contribution in [2.45, 2.75) is 6.10 Å². The number of ether oxygens (including phenoxy) is 2. The van der Waals surface area contributed by atoms with Crippen LogP contribution in [0, 0.1) is 0 Å². The maximum atomic E-state index is 11.5. The van der Waals surface area contributed by atoms with Gasteiger partial charge in [-0.2, -0.15) is 0 Å². The Morgan fingerprint density at radius 1 is 0.792 bits per heavy atom. The molecule has 0 heterocycles. The third kappa shape index (κ3) is 6.37.